The van der Waals surface area contributed by atoms with E-state index in [-0.39, 0.29) is 31.1 Å². The van der Waals surface area contributed by atoms with Gasteiger partial charge >= 0.3 is 17.9 Å². The van der Waals surface area contributed by atoms with E-state index in [9.17, 15) is 14.4 Å². The van der Waals surface area contributed by atoms with Crippen LogP contribution in [-0.2, 0) is 28.6 Å². The van der Waals surface area contributed by atoms with Gasteiger partial charge in [-0.3, -0.25) is 14.4 Å². The molecular formula is C43H80O6. The van der Waals surface area contributed by atoms with Crippen LogP contribution in [0.2, 0.25) is 0 Å². The maximum atomic E-state index is 12.5. The molecule has 0 aliphatic rings. The van der Waals surface area contributed by atoms with Gasteiger partial charge in [0.1, 0.15) is 13.2 Å². The zero-order chi connectivity index (χ0) is 35.9. The Hall–Kier alpha value is -1.85. The highest BCUT2D eigenvalue weighted by Gasteiger charge is 2.19. The quantitative estimate of drug-likeness (QED) is 0.0277. The van der Waals surface area contributed by atoms with Gasteiger partial charge < -0.3 is 14.2 Å². The van der Waals surface area contributed by atoms with Gasteiger partial charge in [0, 0.05) is 19.3 Å². The van der Waals surface area contributed by atoms with Crippen LogP contribution in [0.4, 0.5) is 0 Å². The van der Waals surface area contributed by atoms with Gasteiger partial charge in [-0.05, 0) is 44.9 Å². The Balaban J connectivity index is 3.98. The van der Waals surface area contributed by atoms with Gasteiger partial charge in [-0.2, -0.15) is 0 Å². The molecule has 288 valence electrons. The molecule has 0 radical (unpaired) electrons. The topological polar surface area (TPSA) is 78.9 Å². The van der Waals surface area contributed by atoms with Crippen molar-refractivity contribution >= 4 is 17.9 Å². The number of carbonyl (C=O) groups excluding carboxylic acids is 3. The standard InChI is InChI=1S/C43H80O6/c1-4-7-9-11-13-15-17-19-21-23-25-27-29-31-33-36-42(45)48-39-40(38-47-41(44)35-6-3)49-43(46)37-34-32-30-28-26-24-22-20-18-16-14-12-10-8-5-2/h19,21,40H,4-18,20,22-39H2,1-3H3/b21-19-. The molecule has 0 heterocycles. The van der Waals surface area contributed by atoms with E-state index in [1.807, 2.05) is 6.92 Å². The molecule has 0 amide bonds. The van der Waals surface area contributed by atoms with Crippen LogP contribution in [0.25, 0.3) is 0 Å². The Kier molecular flexibility index (Phi) is 37.5. The molecular weight excluding hydrogens is 612 g/mol. The number of allylic oxidation sites excluding steroid dienone is 2. The fourth-order valence-corrected chi connectivity index (χ4v) is 6.06. The van der Waals surface area contributed by atoms with Crippen molar-refractivity contribution in [3.8, 4) is 0 Å². The fraction of sp³-hybridized carbons (Fsp3) is 0.884. The Bertz CT molecular complexity index is 763. The lowest BCUT2D eigenvalue weighted by Crippen LogP contribution is -2.30. The number of carbonyl (C=O) groups is 3. The van der Waals surface area contributed by atoms with Crippen LogP contribution < -0.4 is 0 Å². The number of rotatable bonds is 38. The van der Waals surface area contributed by atoms with E-state index in [2.05, 4.69) is 26.0 Å². The van der Waals surface area contributed by atoms with Crippen LogP contribution in [-0.4, -0.2) is 37.2 Å². The lowest BCUT2D eigenvalue weighted by molar-refractivity contribution is -0.167. The molecule has 0 spiro atoms. The smallest absolute Gasteiger partial charge is 0.306 e. The number of ether oxygens (including phenoxy) is 3. The van der Waals surface area contributed by atoms with E-state index in [1.54, 1.807) is 0 Å². The Morgan fingerprint density at radius 1 is 0.388 bits per heavy atom. The molecule has 0 N–H and O–H groups in total. The third-order valence-electron chi connectivity index (χ3n) is 9.24. The molecule has 6 heteroatoms. The molecule has 0 aromatic rings. The van der Waals surface area contributed by atoms with E-state index < -0.39 is 6.10 Å². The number of hydrogen-bond donors (Lipinski definition) is 0. The van der Waals surface area contributed by atoms with Crippen LogP contribution in [0.15, 0.2) is 12.2 Å². The van der Waals surface area contributed by atoms with E-state index >= 15 is 0 Å². The van der Waals surface area contributed by atoms with Gasteiger partial charge in [0.2, 0.25) is 0 Å². The molecule has 0 fully saturated rings. The van der Waals surface area contributed by atoms with E-state index in [0.29, 0.717) is 25.7 Å². The van der Waals surface area contributed by atoms with Crippen molar-refractivity contribution in [2.45, 2.75) is 232 Å². The molecule has 0 aromatic heterocycles. The summed E-state index contributed by atoms with van der Waals surface area (Å²) in [7, 11) is 0. The van der Waals surface area contributed by atoms with Gasteiger partial charge in [-0.25, -0.2) is 0 Å². The lowest BCUT2D eigenvalue weighted by atomic mass is 10.0. The highest BCUT2D eigenvalue weighted by Crippen LogP contribution is 2.15. The van der Waals surface area contributed by atoms with E-state index in [4.69, 9.17) is 14.2 Å². The molecule has 6 nitrogen and oxygen atoms in total. The van der Waals surface area contributed by atoms with Crippen molar-refractivity contribution in [3.63, 3.8) is 0 Å². The molecule has 0 aliphatic heterocycles. The van der Waals surface area contributed by atoms with Crippen LogP contribution in [0.5, 0.6) is 0 Å². The summed E-state index contributed by atoms with van der Waals surface area (Å²) in [6.07, 6.45) is 40.4. The predicted molar refractivity (Wildman–Crippen MR) is 206 cm³/mol. The van der Waals surface area contributed by atoms with Gasteiger partial charge in [-0.1, -0.05) is 174 Å². The Morgan fingerprint density at radius 2 is 0.714 bits per heavy atom. The SMILES string of the molecule is CCCCCCCC/C=C\CCCCCCCC(=O)OCC(COC(=O)CCC)OC(=O)CCCCCCCCCCCCCCCCC. The number of unbranched alkanes of at least 4 members (excludes halogenated alkanes) is 25. The minimum atomic E-state index is -0.761. The summed E-state index contributed by atoms with van der Waals surface area (Å²) < 4.78 is 16.3. The summed E-state index contributed by atoms with van der Waals surface area (Å²) in [6.45, 7) is 6.28. The highest BCUT2D eigenvalue weighted by atomic mass is 16.6. The van der Waals surface area contributed by atoms with Gasteiger partial charge in [0.15, 0.2) is 6.10 Å². The summed E-state index contributed by atoms with van der Waals surface area (Å²) in [5, 5.41) is 0. The summed E-state index contributed by atoms with van der Waals surface area (Å²) in [5.41, 5.74) is 0. The first kappa shape index (κ1) is 47.1. The Labute approximate surface area is 303 Å². The van der Waals surface area contributed by atoms with E-state index in [0.717, 1.165) is 44.9 Å². The second-order valence-electron chi connectivity index (χ2n) is 14.3. The number of hydrogen-bond acceptors (Lipinski definition) is 6. The molecule has 0 aromatic carbocycles. The fourth-order valence-electron chi connectivity index (χ4n) is 6.06. The normalized spacial score (nSPS) is 12.0. The Morgan fingerprint density at radius 3 is 1.10 bits per heavy atom. The van der Waals surface area contributed by atoms with Gasteiger partial charge in [0.05, 0.1) is 0 Å². The van der Waals surface area contributed by atoms with Crippen LogP contribution in [0, 0.1) is 0 Å². The predicted octanol–water partition coefficient (Wildman–Crippen LogP) is 13.1. The third kappa shape index (κ3) is 37.2. The summed E-state index contributed by atoms with van der Waals surface area (Å²) >= 11 is 0. The first-order chi connectivity index (χ1) is 24.0. The minimum Gasteiger partial charge on any atom is -0.462 e. The highest BCUT2D eigenvalue weighted by molar-refractivity contribution is 5.71. The molecule has 0 saturated heterocycles. The van der Waals surface area contributed by atoms with Crippen LogP contribution in [0.3, 0.4) is 0 Å². The first-order valence-electron chi connectivity index (χ1n) is 21.2. The largest absolute Gasteiger partial charge is 0.462 e. The third-order valence-corrected chi connectivity index (χ3v) is 9.24. The summed E-state index contributed by atoms with van der Waals surface area (Å²) in [6, 6.07) is 0. The summed E-state index contributed by atoms with van der Waals surface area (Å²) in [4.78, 5) is 36.8. The second kappa shape index (κ2) is 38.9. The van der Waals surface area contributed by atoms with Crippen LogP contribution >= 0.6 is 0 Å². The van der Waals surface area contributed by atoms with Crippen LogP contribution in [0.1, 0.15) is 226 Å². The lowest BCUT2D eigenvalue weighted by Gasteiger charge is -2.18. The average Bonchev–Trinajstić information content (AvgIpc) is 3.09. The van der Waals surface area contributed by atoms with Crippen molar-refractivity contribution in [1.82, 2.24) is 0 Å². The zero-order valence-electron chi connectivity index (χ0n) is 32.7. The molecule has 0 rings (SSSR count). The van der Waals surface area contributed by atoms with Gasteiger partial charge in [0.25, 0.3) is 0 Å². The molecule has 0 bridgehead atoms. The molecule has 0 aliphatic carbocycles. The monoisotopic (exact) mass is 693 g/mol. The summed E-state index contributed by atoms with van der Waals surface area (Å²) in [5.74, 6) is -0.939. The maximum Gasteiger partial charge on any atom is 0.306 e. The molecule has 1 unspecified atom stereocenters. The van der Waals surface area contributed by atoms with Crippen molar-refractivity contribution in [1.29, 1.82) is 0 Å². The van der Waals surface area contributed by atoms with Crippen molar-refractivity contribution in [2.75, 3.05) is 13.2 Å². The molecule has 1 atom stereocenters. The van der Waals surface area contributed by atoms with Crippen molar-refractivity contribution in [3.05, 3.63) is 12.2 Å². The molecule has 49 heavy (non-hydrogen) atoms. The molecule has 0 saturated carbocycles. The van der Waals surface area contributed by atoms with Crippen molar-refractivity contribution in [2.24, 2.45) is 0 Å². The zero-order valence-corrected chi connectivity index (χ0v) is 32.7. The average molecular weight is 693 g/mol. The number of esters is 3. The first-order valence-corrected chi connectivity index (χ1v) is 21.2. The van der Waals surface area contributed by atoms with Crippen molar-refractivity contribution < 1.29 is 28.6 Å². The van der Waals surface area contributed by atoms with E-state index in [1.165, 1.54) is 135 Å². The second-order valence-corrected chi connectivity index (χ2v) is 14.3. The van der Waals surface area contributed by atoms with Gasteiger partial charge in [-0.15, -0.1) is 0 Å². The minimum absolute atomic E-state index is 0.0755. The maximum absolute atomic E-state index is 12.5.